The Bertz CT molecular complexity index is 436. The van der Waals surface area contributed by atoms with E-state index in [2.05, 4.69) is 4.74 Å². The lowest BCUT2D eigenvalue weighted by Crippen LogP contribution is -2.10. The highest BCUT2D eigenvalue weighted by Crippen LogP contribution is 2.25. The quantitative estimate of drug-likeness (QED) is 0.591. The molecule has 0 spiro atoms. The zero-order valence-electron chi connectivity index (χ0n) is 8.90. The van der Waals surface area contributed by atoms with Crippen molar-refractivity contribution < 1.29 is 28.3 Å². The van der Waals surface area contributed by atoms with Crippen LogP contribution in [0.2, 0.25) is 5.02 Å². The topological polar surface area (TPSA) is 82.8 Å². The molecule has 17 heavy (non-hydrogen) atoms. The fourth-order valence-electron chi connectivity index (χ4n) is 0.961. The van der Waals surface area contributed by atoms with Gasteiger partial charge in [-0.05, 0) is 0 Å². The molecule has 0 fully saturated rings. The second kappa shape index (κ2) is 6.05. The number of methoxy groups -OCH3 is 1. The standard InChI is InChI=1S/C10H9ClO6/c1-15-8(13)2-3-9(14)17-10-4-6(11)7(5-12)16-10/h4-5H,2-3H2,1H3. The number of carbonyl (C=O) groups excluding carboxylic acids is 3. The number of rotatable bonds is 5. The molecule has 0 saturated carbocycles. The predicted octanol–water partition coefficient (Wildman–Crippen LogP) is 1.60. The summed E-state index contributed by atoms with van der Waals surface area (Å²) < 4.78 is 13.9. The molecular weight excluding hydrogens is 252 g/mol. The van der Waals surface area contributed by atoms with Gasteiger partial charge in [-0.1, -0.05) is 11.6 Å². The van der Waals surface area contributed by atoms with E-state index in [0.717, 1.165) is 0 Å². The van der Waals surface area contributed by atoms with Crippen LogP contribution in [0.3, 0.4) is 0 Å². The molecule has 1 heterocycles. The van der Waals surface area contributed by atoms with Crippen LogP contribution in [-0.2, 0) is 14.3 Å². The van der Waals surface area contributed by atoms with E-state index in [4.69, 9.17) is 20.8 Å². The lowest BCUT2D eigenvalue weighted by Gasteiger charge is -1.99. The van der Waals surface area contributed by atoms with Crippen molar-refractivity contribution >= 4 is 29.8 Å². The molecule has 1 aromatic rings. The Kier molecular flexibility index (Phi) is 4.71. The van der Waals surface area contributed by atoms with Crippen LogP contribution in [0.25, 0.3) is 0 Å². The molecule has 0 N–H and O–H groups in total. The summed E-state index contributed by atoms with van der Waals surface area (Å²) in [7, 11) is 1.22. The number of hydrogen-bond donors (Lipinski definition) is 0. The first kappa shape index (κ1) is 13.2. The third-order valence-electron chi connectivity index (χ3n) is 1.77. The van der Waals surface area contributed by atoms with E-state index in [1.807, 2.05) is 0 Å². The molecule has 0 aliphatic heterocycles. The fourth-order valence-corrected chi connectivity index (χ4v) is 1.13. The Morgan fingerprint density at radius 3 is 2.59 bits per heavy atom. The monoisotopic (exact) mass is 260 g/mol. The van der Waals surface area contributed by atoms with Crippen molar-refractivity contribution in [1.29, 1.82) is 0 Å². The average molecular weight is 261 g/mol. The van der Waals surface area contributed by atoms with Crippen LogP contribution in [0.1, 0.15) is 23.4 Å². The van der Waals surface area contributed by atoms with Gasteiger partial charge in [-0.3, -0.25) is 14.4 Å². The van der Waals surface area contributed by atoms with E-state index in [1.54, 1.807) is 0 Å². The predicted molar refractivity (Wildman–Crippen MR) is 56.0 cm³/mol. The van der Waals surface area contributed by atoms with Gasteiger partial charge in [0.25, 0.3) is 5.95 Å². The summed E-state index contributed by atoms with van der Waals surface area (Å²) in [6.45, 7) is 0. The SMILES string of the molecule is COC(=O)CCC(=O)Oc1cc(Cl)c(C=O)o1. The van der Waals surface area contributed by atoms with Crippen LogP contribution in [0.15, 0.2) is 10.5 Å². The summed E-state index contributed by atoms with van der Waals surface area (Å²) in [4.78, 5) is 32.4. The highest BCUT2D eigenvalue weighted by Gasteiger charge is 2.14. The second-order valence-electron chi connectivity index (χ2n) is 2.95. The van der Waals surface area contributed by atoms with Crippen molar-refractivity contribution in [2.45, 2.75) is 12.8 Å². The molecule has 0 saturated heterocycles. The number of ether oxygens (including phenoxy) is 2. The molecule has 7 heteroatoms. The number of aldehydes is 1. The Morgan fingerprint density at radius 2 is 2.06 bits per heavy atom. The van der Waals surface area contributed by atoms with Crippen LogP contribution < -0.4 is 4.74 Å². The lowest BCUT2D eigenvalue weighted by atomic mass is 10.3. The molecule has 0 bridgehead atoms. The minimum absolute atomic E-state index is 0.0516. The van der Waals surface area contributed by atoms with Crippen molar-refractivity contribution in [3.8, 4) is 5.95 Å². The van der Waals surface area contributed by atoms with Gasteiger partial charge in [0, 0.05) is 6.07 Å². The summed E-state index contributed by atoms with van der Waals surface area (Å²) in [6, 6.07) is 1.20. The molecule has 6 nitrogen and oxygen atoms in total. The zero-order chi connectivity index (χ0) is 12.8. The minimum atomic E-state index is -0.682. The molecule has 0 amide bonds. The first-order valence-electron chi connectivity index (χ1n) is 4.58. The van der Waals surface area contributed by atoms with Crippen LogP contribution in [0, 0.1) is 0 Å². The molecule has 0 aliphatic carbocycles. The van der Waals surface area contributed by atoms with Crippen molar-refractivity contribution in [1.82, 2.24) is 0 Å². The van der Waals surface area contributed by atoms with Crippen molar-refractivity contribution in [2.24, 2.45) is 0 Å². The molecule has 0 aliphatic rings. The highest BCUT2D eigenvalue weighted by atomic mass is 35.5. The molecular formula is C10H9ClO6. The van der Waals surface area contributed by atoms with E-state index < -0.39 is 11.9 Å². The molecule has 1 rings (SSSR count). The lowest BCUT2D eigenvalue weighted by molar-refractivity contribution is -0.145. The van der Waals surface area contributed by atoms with E-state index in [0.29, 0.717) is 6.29 Å². The Hall–Kier alpha value is -1.82. The molecule has 0 unspecified atom stereocenters. The summed E-state index contributed by atoms with van der Waals surface area (Å²) >= 11 is 5.59. The van der Waals surface area contributed by atoms with Gasteiger partial charge in [0.2, 0.25) is 0 Å². The van der Waals surface area contributed by atoms with Crippen LogP contribution >= 0.6 is 11.6 Å². The maximum atomic E-state index is 11.2. The van der Waals surface area contributed by atoms with Crippen molar-refractivity contribution in [2.75, 3.05) is 7.11 Å². The van der Waals surface area contributed by atoms with Gasteiger partial charge in [0.05, 0.1) is 25.0 Å². The fraction of sp³-hybridized carbons (Fsp3) is 0.300. The molecule has 1 aromatic heterocycles. The van der Waals surface area contributed by atoms with E-state index in [9.17, 15) is 14.4 Å². The van der Waals surface area contributed by atoms with E-state index >= 15 is 0 Å². The Morgan fingerprint density at radius 1 is 1.41 bits per heavy atom. The Labute approximate surface area is 101 Å². The van der Waals surface area contributed by atoms with Crippen LogP contribution in [0.4, 0.5) is 0 Å². The van der Waals surface area contributed by atoms with E-state index in [-0.39, 0.29) is 29.6 Å². The highest BCUT2D eigenvalue weighted by molar-refractivity contribution is 6.32. The number of hydrogen-bond acceptors (Lipinski definition) is 6. The third kappa shape index (κ3) is 3.92. The third-order valence-corrected chi connectivity index (χ3v) is 2.07. The van der Waals surface area contributed by atoms with Gasteiger partial charge >= 0.3 is 11.9 Å². The zero-order valence-corrected chi connectivity index (χ0v) is 9.65. The van der Waals surface area contributed by atoms with Gasteiger partial charge in [-0.2, -0.15) is 0 Å². The maximum Gasteiger partial charge on any atom is 0.314 e. The summed E-state index contributed by atoms with van der Waals surface area (Å²) in [5.41, 5.74) is 0. The van der Waals surface area contributed by atoms with Crippen molar-refractivity contribution in [3.63, 3.8) is 0 Å². The molecule has 0 atom stereocenters. The normalized spacial score (nSPS) is 9.76. The number of esters is 2. The van der Waals surface area contributed by atoms with Crippen LogP contribution in [0.5, 0.6) is 5.95 Å². The summed E-state index contributed by atoms with van der Waals surface area (Å²) in [6.07, 6.45) is 0.153. The second-order valence-corrected chi connectivity index (χ2v) is 3.35. The largest absolute Gasteiger partial charge is 0.469 e. The number of furan rings is 1. The van der Waals surface area contributed by atoms with E-state index in [1.165, 1.54) is 13.2 Å². The summed E-state index contributed by atoms with van der Waals surface area (Å²) in [5, 5.41) is 0.0516. The van der Waals surface area contributed by atoms with Gasteiger partial charge in [-0.15, -0.1) is 0 Å². The smallest absolute Gasteiger partial charge is 0.314 e. The number of halogens is 1. The van der Waals surface area contributed by atoms with Crippen molar-refractivity contribution in [3.05, 3.63) is 16.8 Å². The van der Waals surface area contributed by atoms with Gasteiger partial charge in [0.15, 0.2) is 12.0 Å². The van der Waals surface area contributed by atoms with Crippen LogP contribution in [-0.4, -0.2) is 25.3 Å². The van der Waals surface area contributed by atoms with Gasteiger partial charge in [0.1, 0.15) is 0 Å². The van der Waals surface area contributed by atoms with Gasteiger partial charge < -0.3 is 13.9 Å². The average Bonchev–Trinajstić information content (AvgIpc) is 2.66. The maximum absolute atomic E-state index is 11.2. The first-order chi connectivity index (χ1) is 8.06. The minimum Gasteiger partial charge on any atom is -0.469 e. The molecule has 92 valence electrons. The first-order valence-corrected chi connectivity index (χ1v) is 4.96. The molecule has 0 aromatic carbocycles. The summed E-state index contributed by atoms with van der Waals surface area (Å²) in [5.74, 6) is -1.51. The Balaban J connectivity index is 2.50. The number of carbonyl (C=O) groups is 3. The van der Waals surface area contributed by atoms with Gasteiger partial charge in [-0.25, -0.2) is 0 Å². The molecule has 0 radical (unpaired) electrons.